The molecule has 0 saturated carbocycles. The van der Waals surface area contributed by atoms with Gasteiger partial charge in [-0.15, -0.1) is 0 Å². The minimum absolute atomic E-state index is 0.353. The average molecular weight is 481 g/mol. The van der Waals surface area contributed by atoms with Crippen LogP contribution in [0.15, 0.2) is 59.0 Å². The third-order valence-electron chi connectivity index (χ3n) is 5.51. The number of carbonyl (C=O) groups excluding carboxylic acids is 2. The standard InChI is InChI=1S/C26H25ClN2O5/c1-17-3-4-18(15-21(17)27)24-9-6-20(34-24)7-10-25(30)28-22-16-19(26(31)32-2)5-8-23(22)29-11-13-33-14-12-29/h3-10,15-16H,11-14H2,1-2H3,(H,28,30). The lowest BCUT2D eigenvalue weighted by Crippen LogP contribution is -2.36. The van der Waals surface area contributed by atoms with Crippen molar-refractivity contribution >= 4 is 40.9 Å². The summed E-state index contributed by atoms with van der Waals surface area (Å²) in [6.45, 7) is 4.51. The number of furan rings is 1. The third-order valence-corrected chi connectivity index (χ3v) is 5.92. The van der Waals surface area contributed by atoms with Crippen LogP contribution in [0.25, 0.3) is 17.4 Å². The molecule has 0 bridgehead atoms. The first kappa shape index (κ1) is 23.6. The van der Waals surface area contributed by atoms with E-state index in [4.69, 9.17) is 25.5 Å². The molecule has 34 heavy (non-hydrogen) atoms. The lowest BCUT2D eigenvalue weighted by molar-refractivity contribution is -0.111. The number of rotatable bonds is 6. The van der Waals surface area contributed by atoms with Gasteiger partial charge < -0.3 is 24.1 Å². The number of halogens is 1. The van der Waals surface area contributed by atoms with E-state index in [-0.39, 0.29) is 5.91 Å². The van der Waals surface area contributed by atoms with Crippen molar-refractivity contribution in [2.24, 2.45) is 0 Å². The highest BCUT2D eigenvalue weighted by Gasteiger charge is 2.18. The summed E-state index contributed by atoms with van der Waals surface area (Å²) in [5.74, 6) is 0.354. The van der Waals surface area contributed by atoms with Crippen LogP contribution >= 0.6 is 11.6 Å². The molecule has 4 rings (SSSR count). The van der Waals surface area contributed by atoms with Gasteiger partial charge in [-0.25, -0.2) is 4.79 Å². The summed E-state index contributed by atoms with van der Waals surface area (Å²) in [5, 5.41) is 3.54. The van der Waals surface area contributed by atoms with Crippen LogP contribution in [0.1, 0.15) is 21.7 Å². The fourth-order valence-electron chi connectivity index (χ4n) is 3.64. The number of methoxy groups -OCH3 is 1. The fraction of sp³-hybridized carbons (Fsp3) is 0.231. The minimum Gasteiger partial charge on any atom is -0.465 e. The number of ether oxygens (including phenoxy) is 2. The summed E-state index contributed by atoms with van der Waals surface area (Å²) < 4.78 is 16.1. The highest BCUT2D eigenvalue weighted by atomic mass is 35.5. The maximum absolute atomic E-state index is 12.7. The number of aryl methyl sites for hydroxylation is 1. The van der Waals surface area contributed by atoms with Crippen molar-refractivity contribution < 1.29 is 23.5 Å². The Morgan fingerprint density at radius 3 is 2.62 bits per heavy atom. The van der Waals surface area contributed by atoms with Crippen LogP contribution in [0.3, 0.4) is 0 Å². The number of hydrogen-bond acceptors (Lipinski definition) is 6. The van der Waals surface area contributed by atoms with E-state index in [0.717, 1.165) is 16.8 Å². The number of esters is 1. The summed E-state index contributed by atoms with van der Waals surface area (Å²) in [4.78, 5) is 26.8. The van der Waals surface area contributed by atoms with Crippen molar-refractivity contribution in [2.75, 3.05) is 43.6 Å². The smallest absolute Gasteiger partial charge is 0.337 e. The number of benzene rings is 2. The predicted molar refractivity (Wildman–Crippen MR) is 132 cm³/mol. The van der Waals surface area contributed by atoms with E-state index in [9.17, 15) is 9.59 Å². The van der Waals surface area contributed by atoms with Gasteiger partial charge >= 0.3 is 5.97 Å². The molecule has 1 aliphatic rings. The van der Waals surface area contributed by atoms with E-state index in [2.05, 4.69) is 10.2 Å². The van der Waals surface area contributed by atoms with Crippen LogP contribution in [0.4, 0.5) is 11.4 Å². The van der Waals surface area contributed by atoms with Crippen LogP contribution in [0.5, 0.6) is 0 Å². The molecule has 8 heteroatoms. The molecule has 1 amide bonds. The molecule has 0 unspecified atom stereocenters. The van der Waals surface area contributed by atoms with E-state index in [0.29, 0.717) is 54.1 Å². The van der Waals surface area contributed by atoms with E-state index in [1.807, 2.05) is 37.3 Å². The maximum atomic E-state index is 12.7. The number of hydrogen-bond donors (Lipinski definition) is 1. The number of nitrogens with one attached hydrogen (secondary N) is 1. The third kappa shape index (κ3) is 5.50. The van der Waals surface area contributed by atoms with Gasteiger partial charge in [0.15, 0.2) is 0 Å². The van der Waals surface area contributed by atoms with Gasteiger partial charge in [-0.2, -0.15) is 0 Å². The molecule has 2 heterocycles. The fourth-order valence-corrected chi connectivity index (χ4v) is 3.82. The number of anilines is 2. The Morgan fingerprint density at radius 1 is 1.09 bits per heavy atom. The Labute approximate surface area is 202 Å². The van der Waals surface area contributed by atoms with Gasteiger partial charge in [0.2, 0.25) is 5.91 Å². The van der Waals surface area contributed by atoms with Crippen molar-refractivity contribution in [3.05, 3.63) is 76.5 Å². The normalized spacial score (nSPS) is 13.8. The molecule has 0 aliphatic carbocycles. The number of nitrogens with zero attached hydrogens (tertiary/aromatic N) is 1. The highest BCUT2D eigenvalue weighted by Crippen LogP contribution is 2.29. The number of amides is 1. The summed E-state index contributed by atoms with van der Waals surface area (Å²) in [6, 6.07) is 14.4. The summed E-state index contributed by atoms with van der Waals surface area (Å²) in [5.41, 5.74) is 3.53. The number of morpholine rings is 1. The van der Waals surface area contributed by atoms with Crippen LogP contribution in [-0.2, 0) is 14.3 Å². The largest absolute Gasteiger partial charge is 0.465 e. The molecule has 1 aliphatic heterocycles. The molecule has 3 aromatic rings. The Kier molecular flexibility index (Phi) is 7.35. The molecular weight excluding hydrogens is 456 g/mol. The summed E-state index contributed by atoms with van der Waals surface area (Å²) in [6.07, 6.45) is 2.98. The second kappa shape index (κ2) is 10.6. The van der Waals surface area contributed by atoms with Crippen molar-refractivity contribution in [1.29, 1.82) is 0 Å². The average Bonchev–Trinajstić information content (AvgIpc) is 3.33. The Bertz CT molecular complexity index is 1230. The van der Waals surface area contributed by atoms with Gasteiger partial charge in [-0.3, -0.25) is 4.79 Å². The molecule has 1 fully saturated rings. The minimum atomic E-state index is -0.473. The molecule has 1 N–H and O–H groups in total. The van der Waals surface area contributed by atoms with Gasteiger partial charge in [0.25, 0.3) is 0 Å². The van der Waals surface area contributed by atoms with Crippen LogP contribution in [0.2, 0.25) is 5.02 Å². The second-order valence-corrected chi connectivity index (χ2v) is 8.22. The lowest BCUT2D eigenvalue weighted by atomic mass is 10.1. The summed E-state index contributed by atoms with van der Waals surface area (Å²) >= 11 is 6.21. The molecule has 1 saturated heterocycles. The zero-order valence-electron chi connectivity index (χ0n) is 19.0. The van der Waals surface area contributed by atoms with E-state index >= 15 is 0 Å². The van der Waals surface area contributed by atoms with Crippen LogP contribution in [0, 0.1) is 6.92 Å². The topological polar surface area (TPSA) is 81.0 Å². The predicted octanol–water partition coefficient (Wildman–Crippen LogP) is 5.18. The van der Waals surface area contributed by atoms with Gasteiger partial charge in [0, 0.05) is 29.8 Å². The first-order chi connectivity index (χ1) is 16.4. The monoisotopic (exact) mass is 480 g/mol. The Balaban J connectivity index is 1.51. The van der Waals surface area contributed by atoms with Crippen molar-refractivity contribution in [2.45, 2.75) is 6.92 Å². The first-order valence-electron chi connectivity index (χ1n) is 10.8. The second-order valence-electron chi connectivity index (χ2n) is 7.81. The maximum Gasteiger partial charge on any atom is 0.337 e. The van der Waals surface area contributed by atoms with Gasteiger partial charge in [0.05, 0.1) is 37.3 Å². The molecule has 0 atom stereocenters. The zero-order chi connectivity index (χ0) is 24.1. The molecule has 176 valence electrons. The summed E-state index contributed by atoms with van der Waals surface area (Å²) in [7, 11) is 1.32. The highest BCUT2D eigenvalue weighted by molar-refractivity contribution is 6.31. The van der Waals surface area contributed by atoms with Crippen LogP contribution < -0.4 is 10.2 Å². The van der Waals surface area contributed by atoms with Crippen molar-refractivity contribution in [3.8, 4) is 11.3 Å². The SMILES string of the molecule is COC(=O)c1ccc(N2CCOCC2)c(NC(=O)C=Cc2ccc(-c3ccc(C)c(Cl)c3)o2)c1. The van der Waals surface area contributed by atoms with Gasteiger partial charge in [-0.1, -0.05) is 23.7 Å². The van der Waals surface area contributed by atoms with Crippen molar-refractivity contribution in [3.63, 3.8) is 0 Å². The van der Waals surface area contributed by atoms with Crippen LogP contribution in [-0.4, -0.2) is 45.3 Å². The molecule has 7 nitrogen and oxygen atoms in total. The van der Waals surface area contributed by atoms with E-state index < -0.39 is 5.97 Å². The van der Waals surface area contributed by atoms with Gasteiger partial charge in [-0.05, 0) is 55.0 Å². The van der Waals surface area contributed by atoms with Gasteiger partial charge in [0.1, 0.15) is 11.5 Å². The molecule has 1 aromatic heterocycles. The number of carbonyl (C=O) groups is 2. The first-order valence-corrected chi connectivity index (χ1v) is 11.2. The van der Waals surface area contributed by atoms with E-state index in [1.165, 1.54) is 13.2 Å². The lowest BCUT2D eigenvalue weighted by Gasteiger charge is -2.30. The molecule has 0 spiro atoms. The molecule has 2 aromatic carbocycles. The quantitative estimate of drug-likeness (QED) is 0.386. The Hall–Kier alpha value is -3.55. The zero-order valence-corrected chi connectivity index (χ0v) is 19.7. The van der Waals surface area contributed by atoms with E-state index in [1.54, 1.807) is 24.3 Å². The molecular formula is C26H25ClN2O5. The molecule has 0 radical (unpaired) electrons. The Morgan fingerprint density at radius 2 is 1.88 bits per heavy atom. The van der Waals surface area contributed by atoms with Crippen molar-refractivity contribution in [1.82, 2.24) is 0 Å².